The third-order valence-electron chi connectivity index (χ3n) is 3.11. The molecule has 0 saturated carbocycles. The van der Waals surface area contributed by atoms with Crippen LogP contribution in [-0.2, 0) is 4.79 Å². The fourth-order valence-corrected chi connectivity index (χ4v) is 2.42. The fraction of sp³-hybridized carbons (Fsp3) is 0.133. The van der Waals surface area contributed by atoms with E-state index >= 15 is 0 Å². The standard InChI is InChI=1S/C15H12ClNO4/c16-11-6-9(7-12-14(11)21-8-20-12)13(15(18)19)17-10-4-2-1-3-5-10/h1-7,13,17H,8H2,(H,18,19). The van der Waals surface area contributed by atoms with Gasteiger partial charge in [-0.1, -0.05) is 29.8 Å². The number of fused-ring (bicyclic) bond motifs is 1. The van der Waals surface area contributed by atoms with Crippen molar-refractivity contribution in [1.82, 2.24) is 0 Å². The molecule has 21 heavy (non-hydrogen) atoms. The first-order valence-corrected chi connectivity index (χ1v) is 6.66. The molecule has 1 aliphatic heterocycles. The van der Waals surface area contributed by atoms with E-state index in [9.17, 15) is 9.90 Å². The minimum absolute atomic E-state index is 0.0857. The monoisotopic (exact) mass is 305 g/mol. The summed E-state index contributed by atoms with van der Waals surface area (Å²) in [7, 11) is 0. The zero-order valence-corrected chi connectivity index (χ0v) is 11.6. The molecule has 5 nitrogen and oxygen atoms in total. The van der Waals surface area contributed by atoms with Gasteiger partial charge in [-0.25, -0.2) is 4.79 Å². The number of carboxylic acid groups (broad SMARTS) is 1. The predicted molar refractivity (Wildman–Crippen MR) is 78.0 cm³/mol. The van der Waals surface area contributed by atoms with Crippen molar-refractivity contribution in [2.24, 2.45) is 0 Å². The van der Waals surface area contributed by atoms with Gasteiger partial charge in [0.2, 0.25) is 6.79 Å². The Morgan fingerprint density at radius 1 is 1.24 bits per heavy atom. The Labute approximate surface area is 126 Å². The summed E-state index contributed by atoms with van der Waals surface area (Å²) in [6.45, 7) is 0.0857. The summed E-state index contributed by atoms with van der Waals surface area (Å²) in [4.78, 5) is 11.5. The minimum atomic E-state index is -1.01. The number of halogens is 1. The van der Waals surface area contributed by atoms with Crippen molar-refractivity contribution in [3.8, 4) is 11.5 Å². The van der Waals surface area contributed by atoms with E-state index in [4.69, 9.17) is 21.1 Å². The number of hydrogen-bond donors (Lipinski definition) is 2. The summed E-state index contributed by atoms with van der Waals surface area (Å²) >= 11 is 6.10. The summed E-state index contributed by atoms with van der Waals surface area (Å²) in [5.41, 5.74) is 1.21. The quantitative estimate of drug-likeness (QED) is 0.907. The molecular weight excluding hydrogens is 294 g/mol. The smallest absolute Gasteiger partial charge is 0.330 e. The van der Waals surface area contributed by atoms with E-state index < -0.39 is 12.0 Å². The number of hydrogen-bond acceptors (Lipinski definition) is 4. The number of carboxylic acids is 1. The van der Waals surface area contributed by atoms with Crippen molar-refractivity contribution in [3.05, 3.63) is 53.1 Å². The fourth-order valence-electron chi connectivity index (χ4n) is 2.14. The van der Waals surface area contributed by atoms with Crippen LogP contribution in [0.2, 0.25) is 5.02 Å². The highest BCUT2D eigenvalue weighted by molar-refractivity contribution is 6.32. The van der Waals surface area contributed by atoms with Gasteiger partial charge < -0.3 is 19.9 Å². The number of benzene rings is 2. The summed E-state index contributed by atoms with van der Waals surface area (Å²) in [5, 5.41) is 12.7. The van der Waals surface area contributed by atoms with Crippen LogP contribution in [0.3, 0.4) is 0 Å². The molecule has 108 valence electrons. The van der Waals surface area contributed by atoms with E-state index in [-0.39, 0.29) is 6.79 Å². The molecule has 2 N–H and O–H groups in total. The van der Waals surface area contributed by atoms with Crippen LogP contribution in [0, 0.1) is 0 Å². The van der Waals surface area contributed by atoms with Crippen molar-refractivity contribution in [1.29, 1.82) is 0 Å². The van der Waals surface area contributed by atoms with Crippen LogP contribution in [0.25, 0.3) is 0 Å². The summed E-state index contributed by atoms with van der Waals surface area (Å²) in [6.07, 6.45) is 0. The zero-order chi connectivity index (χ0) is 14.8. The van der Waals surface area contributed by atoms with Crippen LogP contribution in [0.1, 0.15) is 11.6 Å². The lowest BCUT2D eigenvalue weighted by Crippen LogP contribution is -2.20. The number of aliphatic carboxylic acids is 1. The summed E-state index contributed by atoms with van der Waals surface area (Å²) in [6, 6.07) is 11.4. The van der Waals surface area contributed by atoms with Gasteiger partial charge in [0.05, 0.1) is 5.02 Å². The molecule has 0 spiro atoms. The van der Waals surface area contributed by atoms with E-state index in [1.54, 1.807) is 24.3 Å². The van der Waals surface area contributed by atoms with Gasteiger partial charge in [-0.05, 0) is 29.8 Å². The Hall–Kier alpha value is -2.40. The number of carbonyl (C=O) groups is 1. The largest absolute Gasteiger partial charge is 0.479 e. The van der Waals surface area contributed by atoms with Crippen LogP contribution < -0.4 is 14.8 Å². The lowest BCUT2D eigenvalue weighted by atomic mass is 10.1. The van der Waals surface area contributed by atoms with Gasteiger partial charge in [0, 0.05) is 5.69 Å². The van der Waals surface area contributed by atoms with Crippen LogP contribution in [0.15, 0.2) is 42.5 Å². The van der Waals surface area contributed by atoms with Crippen molar-refractivity contribution in [2.45, 2.75) is 6.04 Å². The molecule has 0 radical (unpaired) electrons. The normalized spacial score (nSPS) is 13.8. The van der Waals surface area contributed by atoms with E-state index in [2.05, 4.69) is 5.32 Å². The van der Waals surface area contributed by atoms with Gasteiger partial charge in [0.1, 0.15) is 0 Å². The van der Waals surface area contributed by atoms with Gasteiger partial charge in [-0.3, -0.25) is 0 Å². The second-order valence-electron chi connectivity index (χ2n) is 4.52. The molecule has 1 heterocycles. The van der Waals surface area contributed by atoms with E-state index in [0.717, 1.165) is 0 Å². The van der Waals surface area contributed by atoms with Crippen LogP contribution in [-0.4, -0.2) is 17.9 Å². The van der Waals surface area contributed by atoms with Crippen molar-refractivity contribution < 1.29 is 19.4 Å². The van der Waals surface area contributed by atoms with Crippen molar-refractivity contribution in [3.63, 3.8) is 0 Å². The number of nitrogens with one attached hydrogen (secondary N) is 1. The maximum Gasteiger partial charge on any atom is 0.330 e. The molecule has 0 amide bonds. The first-order chi connectivity index (χ1) is 10.1. The molecule has 2 aromatic rings. The first kappa shape index (κ1) is 13.6. The summed E-state index contributed by atoms with van der Waals surface area (Å²) in [5.74, 6) is -0.100. The summed E-state index contributed by atoms with van der Waals surface area (Å²) < 4.78 is 10.5. The number of para-hydroxylation sites is 1. The Bertz CT molecular complexity index is 675. The molecule has 1 atom stereocenters. The molecular formula is C15H12ClNO4. The third kappa shape index (κ3) is 2.73. The predicted octanol–water partition coefficient (Wildman–Crippen LogP) is 3.31. The van der Waals surface area contributed by atoms with E-state index in [1.165, 1.54) is 0 Å². The molecule has 0 aromatic heterocycles. The molecule has 6 heteroatoms. The van der Waals surface area contributed by atoms with E-state index in [1.807, 2.05) is 18.2 Å². The lowest BCUT2D eigenvalue weighted by molar-refractivity contribution is -0.138. The Balaban J connectivity index is 1.95. The Morgan fingerprint density at radius 3 is 2.71 bits per heavy atom. The van der Waals surface area contributed by atoms with Crippen molar-refractivity contribution in [2.75, 3.05) is 12.1 Å². The number of rotatable bonds is 4. The molecule has 0 fully saturated rings. The third-order valence-corrected chi connectivity index (χ3v) is 3.40. The molecule has 2 aromatic carbocycles. The second kappa shape index (κ2) is 5.54. The van der Waals surface area contributed by atoms with Gasteiger partial charge >= 0.3 is 5.97 Å². The van der Waals surface area contributed by atoms with Crippen LogP contribution in [0.4, 0.5) is 5.69 Å². The van der Waals surface area contributed by atoms with Crippen LogP contribution in [0.5, 0.6) is 11.5 Å². The second-order valence-corrected chi connectivity index (χ2v) is 4.93. The highest BCUT2D eigenvalue weighted by Crippen LogP contribution is 2.41. The first-order valence-electron chi connectivity index (χ1n) is 6.28. The number of anilines is 1. The average molecular weight is 306 g/mol. The molecule has 0 saturated heterocycles. The molecule has 0 bridgehead atoms. The highest BCUT2D eigenvalue weighted by Gasteiger charge is 2.25. The zero-order valence-electron chi connectivity index (χ0n) is 10.9. The molecule has 3 rings (SSSR count). The molecule has 0 aliphatic carbocycles. The average Bonchev–Trinajstić information content (AvgIpc) is 2.94. The molecule has 1 aliphatic rings. The van der Waals surface area contributed by atoms with Gasteiger partial charge in [-0.15, -0.1) is 0 Å². The maximum absolute atomic E-state index is 11.5. The van der Waals surface area contributed by atoms with E-state index in [0.29, 0.717) is 27.8 Å². The Kier molecular flexibility index (Phi) is 3.58. The SMILES string of the molecule is O=C(O)C(Nc1ccccc1)c1cc(Cl)c2c(c1)OCO2. The highest BCUT2D eigenvalue weighted by atomic mass is 35.5. The molecule has 1 unspecified atom stereocenters. The minimum Gasteiger partial charge on any atom is -0.479 e. The Morgan fingerprint density at radius 2 is 2.00 bits per heavy atom. The number of ether oxygens (including phenoxy) is 2. The van der Waals surface area contributed by atoms with Gasteiger partial charge in [0.25, 0.3) is 0 Å². The van der Waals surface area contributed by atoms with Crippen molar-refractivity contribution >= 4 is 23.3 Å². The lowest BCUT2D eigenvalue weighted by Gasteiger charge is -2.17. The van der Waals surface area contributed by atoms with Gasteiger partial charge in [-0.2, -0.15) is 0 Å². The van der Waals surface area contributed by atoms with Crippen LogP contribution >= 0.6 is 11.6 Å². The topological polar surface area (TPSA) is 67.8 Å². The van der Waals surface area contributed by atoms with Gasteiger partial charge in [0.15, 0.2) is 17.5 Å². The maximum atomic E-state index is 11.5.